The van der Waals surface area contributed by atoms with Crippen LogP contribution in [-0.4, -0.2) is 23.1 Å². The van der Waals surface area contributed by atoms with E-state index in [0.717, 1.165) is 30.2 Å². The minimum absolute atomic E-state index is 0.963. The lowest BCUT2D eigenvalue weighted by atomic mass is 10.0. The highest BCUT2D eigenvalue weighted by molar-refractivity contribution is 5.75. The molecule has 0 saturated heterocycles. The standard InChI is InChI=1S/C11H14N4/c1-14-4-3-8-9-5-12-7-13-11(9)15(2)10(8)6-14/h5,7,14-15H,1-4,6H2. The van der Waals surface area contributed by atoms with Gasteiger partial charge in [-0.25, -0.2) is 4.98 Å². The van der Waals surface area contributed by atoms with Crippen molar-refractivity contribution < 1.29 is 9.80 Å². The fourth-order valence-corrected chi connectivity index (χ4v) is 2.42. The number of nitrogens with zero attached hydrogens (tertiary/aromatic N) is 2. The Bertz CT molecular complexity index is 438. The summed E-state index contributed by atoms with van der Waals surface area (Å²) in [5.74, 6) is 1.02. The van der Waals surface area contributed by atoms with Gasteiger partial charge in [0.2, 0.25) is 5.82 Å². The highest BCUT2D eigenvalue weighted by Gasteiger charge is 2.33. The van der Waals surface area contributed by atoms with E-state index in [-0.39, 0.29) is 0 Å². The van der Waals surface area contributed by atoms with Gasteiger partial charge in [-0.1, -0.05) is 0 Å². The molecule has 2 unspecified atom stereocenters. The summed E-state index contributed by atoms with van der Waals surface area (Å²) in [5, 5.41) is 0. The Morgan fingerprint density at radius 2 is 2.20 bits per heavy atom. The predicted molar refractivity (Wildman–Crippen MR) is 55.6 cm³/mol. The SMILES string of the molecule is [CH2-][NH+]1CCC2=C(C1)[NH+]([CH2-])c1ncncc12. The summed E-state index contributed by atoms with van der Waals surface area (Å²) in [5.41, 5.74) is 3.91. The van der Waals surface area contributed by atoms with Crippen molar-refractivity contribution in [2.45, 2.75) is 6.42 Å². The summed E-state index contributed by atoms with van der Waals surface area (Å²) in [6.07, 6.45) is 4.56. The van der Waals surface area contributed by atoms with Crippen LogP contribution in [0, 0.1) is 14.1 Å². The first-order chi connectivity index (χ1) is 7.27. The third-order valence-electron chi connectivity index (χ3n) is 3.21. The zero-order chi connectivity index (χ0) is 10.4. The van der Waals surface area contributed by atoms with Crippen LogP contribution in [0.1, 0.15) is 12.0 Å². The maximum Gasteiger partial charge on any atom is 0.215 e. The molecule has 4 nitrogen and oxygen atoms in total. The second-order valence-electron chi connectivity index (χ2n) is 4.15. The van der Waals surface area contributed by atoms with Gasteiger partial charge in [-0.2, -0.15) is 12.0 Å². The minimum Gasteiger partial charge on any atom is -0.459 e. The number of nitrogens with one attached hydrogen (secondary N) is 2. The highest BCUT2D eigenvalue weighted by Crippen LogP contribution is 2.28. The van der Waals surface area contributed by atoms with Gasteiger partial charge in [0.25, 0.3) is 0 Å². The molecule has 2 atom stereocenters. The number of rotatable bonds is 0. The lowest BCUT2D eigenvalue weighted by Gasteiger charge is -2.28. The molecule has 0 aromatic carbocycles. The lowest BCUT2D eigenvalue weighted by molar-refractivity contribution is -0.872. The Morgan fingerprint density at radius 3 is 3.07 bits per heavy atom. The molecule has 0 saturated carbocycles. The summed E-state index contributed by atoms with van der Waals surface area (Å²) < 4.78 is 0. The van der Waals surface area contributed by atoms with Crippen LogP contribution in [0.25, 0.3) is 5.57 Å². The topological polar surface area (TPSA) is 34.7 Å². The molecule has 0 bridgehead atoms. The van der Waals surface area contributed by atoms with Crippen LogP contribution in [0.2, 0.25) is 0 Å². The van der Waals surface area contributed by atoms with Gasteiger partial charge in [0, 0.05) is 18.2 Å². The van der Waals surface area contributed by atoms with Crippen molar-refractivity contribution in [3.05, 3.63) is 37.9 Å². The van der Waals surface area contributed by atoms with Crippen LogP contribution in [-0.2, 0) is 0 Å². The van der Waals surface area contributed by atoms with Gasteiger partial charge < -0.3 is 9.80 Å². The zero-order valence-corrected chi connectivity index (χ0v) is 8.58. The molecule has 0 spiro atoms. The van der Waals surface area contributed by atoms with E-state index in [1.807, 2.05) is 6.20 Å². The first-order valence-electron chi connectivity index (χ1n) is 5.16. The van der Waals surface area contributed by atoms with Crippen molar-refractivity contribution in [3.63, 3.8) is 0 Å². The molecule has 1 aromatic heterocycles. The molecule has 0 amide bonds. The molecule has 78 valence electrons. The second kappa shape index (κ2) is 3.12. The highest BCUT2D eigenvalue weighted by atomic mass is 15.2. The fourth-order valence-electron chi connectivity index (χ4n) is 2.42. The van der Waals surface area contributed by atoms with E-state index < -0.39 is 0 Å². The Labute approximate surface area is 89.2 Å². The van der Waals surface area contributed by atoms with Crippen molar-refractivity contribution in [1.82, 2.24) is 9.97 Å². The molecule has 2 N–H and O–H groups in total. The van der Waals surface area contributed by atoms with E-state index in [1.54, 1.807) is 6.33 Å². The second-order valence-corrected chi connectivity index (χ2v) is 4.15. The van der Waals surface area contributed by atoms with Crippen molar-refractivity contribution in [1.29, 1.82) is 0 Å². The number of hydrogen-bond donors (Lipinski definition) is 2. The largest absolute Gasteiger partial charge is 0.459 e. The van der Waals surface area contributed by atoms with Crippen LogP contribution in [0.4, 0.5) is 5.82 Å². The number of aromatic nitrogens is 2. The monoisotopic (exact) mass is 202 g/mol. The Kier molecular flexibility index (Phi) is 1.87. The van der Waals surface area contributed by atoms with Gasteiger partial charge in [0.1, 0.15) is 18.6 Å². The molecule has 0 fully saturated rings. The summed E-state index contributed by atoms with van der Waals surface area (Å²) in [4.78, 5) is 10.8. The van der Waals surface area contributed by atoms with E-state index >= 15 is 0 Å². The summed E-state index contributed by atoms with van der Waals surface area (Å²) in [6, 6.07) is 0. The van der Waals surface area contributed by atoms with E-state index in [0.29, 0.717) is 0 Å². The zero-order valence-electron chi connectivity index (χ0n) is 8.58. The number of fused-ring (bicyclic) bond motifs is 2. The number of hydrogen-bond acceptors (Lipinski definition) is 2. The molecule has 0 aliphatic carbocycles. The summed E-state index contributed by atoms with van der Waals surface area (Å²) in [6.45, 7) is 2.05. The molecule has 3 heterocycles. The Hall–Kier alpha value is -1.26. The number of quaternary nitrogens is 2. The lowest BCUT2D eigenvalue weighted by Crippen LogP contribution is -3.13. The molecular formula is C11H14N4. The van der Waals surface area contributed by atoms with E-state index in [4.69, 9.17) is 0 Å². The van der Waals surface area contributed by atoms with Gasteiger partial charge in [-0.15, -0.1) is 7.05 Å². The third kappa shape index (κ3) is 1.22. The van der Waals surface area contributed by atoms with Gasteiger partial charge in [0.05, 0.1) is 12.1 Å². The van der Waals surface area contributed by atoms with Gasteiger partial charge in [-0.05, 0) is 0 Å². The molecule has 2 aliphatic rings. The molecule has 3 rings (SSSR count). The van der Waals surface area contributed by atoms with Crippen molar-refractivity contribution in [3.8, 4) is 0 Å². The average molecular weight is 202 g/mol. The quantitative estimate of drug-likeness (QED) is 0.507. The van der Waals surface area contributed by atoms with E-state index in [2.05, 4.69) is 24.1 Å². The third-order valence-corrected chi connectivity index (χ3v) is 3.21. The minimum atomic E-state index is 0.963. The van der Waals surface area contributed by atoms with Crippen LogP contribution in [0.5, 0.6) is 0 Å². The summed E-state index contributed by atoms with van der Waals surface area (Å²) >= 11 is 0. The van der Waals surface area contributed by atoms with Crippen LogP contribution in [0.3, 0.4) is 0 Å². The normalized spacial score (nSPS) is 28.9. The van der Waals surface area contributed by atoms with Crippen molar-refractivity contribution in [2.75, 3.05) is 13.1 Å². The van der Waals surface area contributed by atoms with Crippen LogP contribution in [0.15, 0.2) is 18.2 Å². The van der Waals surface area contributed by atoms with Gasteiger partial charge in [-0.3, -0.25) is 0 Å². The first-order valence-corrected chi connectivity index (χ1v) is 5.16. The Morgan fingerprint density at radius 1 is 1.33 bits per heavy atom. The van der Waals surface area contributed by atoms with E-state index in [1.165, 1.54) is 21.7 Å². The molecule has 1 aromatic rings. The smallest absolute Gasteiger partial charge is 0.215 e. The molecule has 4 heteroatoms. The predicted octanol–water partition coefficient (Wildman–Crippen LogP) is -1.41. The maximum absolute atomic E-state index is 4.31. The molecule has 0 radical (unpaired) electrons. The average Bonchev–Trinajstić information content (AvgIpc) is 2.54. The van der Waals surface area contributed by atoms with Gasteiger partial charge >= 0.3 is 0 Å². The van der Waals surface area contributed by atoms with Gasteiger partial charge in [0.15, 0.2) is 0 Å². The first kappa shape index (κ1) is 9.00. The fraction of sp³-hybridized carbons (Fsp3) is 0.273. The van der Waals surface area contributed by atoms with Crippen LogP contribution >= 0.6 is 0 Å². The summed E-state index contributed by atoms with van der Waals surface area (Å²) in [7, 11) is 8.19. The van der Waals surface area contributed by atoms with Crippen LogP contribution < -0.4 is 9.80 Å². The Balaban J connectivity index is 2.11. The molecular weight excluding hydrogens is 188 g/mol. The molecule has 2 aliphatic heterocycles. The van der Waals surface area contributed by atoms with Crippen molar-refractivity contribution >= 4 is 11.4 Å². The maximum atomic E-state index is 4.31. The molecule has 15 heavy (non-hydrogen) atoms. The van der Waals surface area contributed by atoms with E-state index in [9.17, 15) is 0 Å². The van der Waals surface area contributed by atoms with Crippen molar-refractivity contribution in [2.24, 2.45) is 0 Å².